The highest BCUT2D eigenvalue weighted by atomic mass is 32.1. The third-order valence-electron chi connectivity index (χ3n) is 3.18. The number of ketones is 2. The summed E-state index contributed by atoms with van der Waals surface area (Å²) in [6.07, 6.45) is 0.980. The summed E-state index contributed by atoms with van der Waals surface area (Å²) in [5.41, 5.74) is 2.62. The van der Waals surface area contributed by atoms with Crippen LogP contribution in [-0.2, 0) is 9.53 Å². The van der Waals surface area contributed by atoms with Gasteiger partial charge in [0, 0.05) is 23.8 Å². The third-order valence-corrected chi connectivity index (χ3v) is 3.76. The van der Waals surface area contributed by atoms with Gasteiger partial charge in [0.15, 0.2) is 0 Å². The Morgan fingerprint density at radius 3 is 2.83 bits per heavy atom. The maximum atomic E-state index is 12.2. The molecule has 0 N–H and O–H groups in total. The van der Waals surface area contributed by atoms with E-state index < -0.39 is 0 Å². The first-order valence-corrected chi connectivity index (χ1v) is 8.40. The van der Waals surface area contributed by atoms with Crippen LogP contribution in [0.4, 0.5) is 0 Å². The van der Waals surface area contributed by atoms with Gasteiger partial charge in [0.1, 0.15) is 23.8 Å². The average molecular weight is 333 g/mol. The van der Waals surface area contributed by atoms with Crippen molar-refractivity contribution in [1.82, 2.24) is 4.98 Å². The van der Waals surface area contributed by atoms with Crippen LogP contribution >= 0.6 is 11.3 Å². The van der Waals surface area contributed by atoms with E-state index in [4.69, 9.17) is 9.47 Å². The number of thiazole rings is 1. The topological polar surface area (TPSA) is 65.5 Å². The zero-order valence-electron chi connectivity index (χ0n) is 13.0. The van der Waals surface area contributed by atoms with Gasteiger partial charge in [-0.2, -0.15) is 0 Å². The number of nitrogens with zero attached hydrogens (tertiary/aromatic N) is 1. The fourth-order valence-electron chi connectivity index (χ4n) is 1.88. The van der Waals surface area contributed by atoms with E-state index >= 15 is 0 Å². The van der Waals surface area contributed by atoms with Gasteiger partial charge in [0.25, 0.3) is 0 Å². The van der Waals surface area contributed by atoms with Gasteiger partial charge in [-0.3, -0.25) is 9.59 Å². The molecule has 6 heteroatoms. The van der Waals surface area contributed by atoms with Gasteiger partial charge < -0.3 is 9.47 Å². The molecule has 0 fully saturated rings. The van der Waals surface area contributed by atoms with Gasteiger partial charge >= 0.3 is 0 Å². The molecule has 1 aromatic heterocycles. The van der Waals surface area contributed by atoms with Crippen LogP contribution in [0.2, 0.25) is 0 Å². The normalized spacial score (nSPS) is 10.5. The molecule has 5 nitrogen and oxygen atoms in total. The molecule has 0 spiro atoms. The minimum atomic E-state index is -0.119. The molecule has 0 radical (unpaired) electrons. The van der Waals surface area contributed by atoms with Crippen LogP contribution in [0, 0.1) is 0 Å². The van der Waals surface area contributed by atoms with Crippen molar-refractivity contribution in [1.29, 1.82) is 0 Å². The van der Waals surface area contributed by atoms with E-state index in [1.807, 2.05) is 6.92 Å². The molecule has 0 bridgehead atoms. The summed E-state index contributed by atoms with van der Waals surface area (Å²) in [7, 11) is 0. The molecular formula is C17H19NO4S. The zero-order valence-corrected chi connectivity index (χ0v) is 13.8. The number of carbonyl (C=O) groups is 2. The van der Waals surface area contributed by atoms with Crippen LogP contribution in [-0.4, -0.2) is 36.4 Å². The lowest BCUT2D eigenvalue weighted by Crippen LogP contribution is -2.10. The van der Waals surface area contributed by atoms with Crippen LogP contribution in [0.3, 0.4) is 0 Å². The minimum absolute atomic E-state index is 0.119. The standard InChI is InChI=1S/C17H19NO4S/c1-2-14(19)6-7-21-8-9-22-15-5-3-4-13(10-15)17(20)16-11-23-12-18-16/h3-5,10-12H,2,6-9H2,1H3. The third kappa shape index (κ3) is 5.58. The molecule has 0 amide bonds. The molecule has 23 heavy (non-hydrogen) atoms. The predicted molar refractivity (Wildman–Crippen MR) is 88.2 cm³/mol. The summed E-state index contributed by atoms with van der Waals surface area (Å²) in [4.78, 5) is 27.3. The number of Topliss-reactive ketones (excluding diaryl/α,β-unsaturated/α-hetero) is 1. The Morgan fingerprint density at radius 2 is 2.09 bits per heavy atom. The fourth-order valence-corrected chi connectivity index (χ4v) is 2.42. The maximum absolute atomic E-state index is 12.2. The summed E-state index contributed by atoms with van der Waals surface area (Å²) in [5.74, 6) is 0.685. The Hall–Kier alpha value is -2.05. The maximum Gasteiger partial charge on any atom is 0.212 e. The first-order chi connectivity index (χ1) is 11.2. The molecule has 2 aromatic rings. The van der Waals surface area contributed by atoms with E-state index in [9.17, 15) is 9.59 Å². The summed E-state index contributed by atoms with van der Waals surface area (Å²) >= 11 is 1.39. The number of benzene rings is 1. The van der Waals surface area contributed by atoms with E-state index in [2.05, 4.69) is 4.98 Å². The number of hydrogen-bond acceptors (Lipinski definition) is 6. The molecule has 1 heterocycles. The molecule has 0 saturated heterocycles. The lowest BCUT2D eigenvalue weighted by molar-refractivity contribution is -0.119. The smallest absolute Gasteiger partial charge is 0.212 e. The first kappa shape index (κ1) is 17.3. The molecule has 2 rings (SSSR count). The number of rotatable bonds is 10. The number of carbonyl (C=O) groups excluding carboxylic acids is 2. The number of hydrogen-bond donors (Lipinski definition) is 0. The minimum Gasteiger partial charge on any atom is -0.491 e. The molecule has 122 valence electrons. The summed E-state index contributed by atoms with van der Waals surface area (Å²) in [5, 5.41) is 1.72. The van der Waals surface area contributed by atoms with E-state index in [1.54, 1.807) is 35.2 Å². The van der Waals surface area contributed by atoms with Gasteiger partial charge in [0.2, 0.25) is 5.78 Å². The lowest BCUT2D eigenvalue weighted by Gasteiger charge is -2.08. The van der Waals surface area contributed by atoms with Crippen LogP contribution in [0.25, 0.3) is 0 Å². The second-order valence-electron chi connectivity index (χ2n) is 4.83. The number of ether oxygens (including phenoxy) is 2. The molecule has 0 aliphatic rings. The van der Waals surface area contributed by atoms with Crippen molar-refractivity contribution in [2.45, 2.75) is 19.8 Å². The van der Waals surface area contributed by atoms with Crippen molar-refractivity contribution in [2.75, 3.05) is 19.8 Å². The lowest BCUT2D eigenvalue weighted by atomic mass is 10.1. The van der Waals surface area contributed by atoms with Crippen LogP contribution < -0.4 is 4.74 Å². The average Bonchev–Trinajstić information content (AvgIpc) is 3.11. The van der Waals surface area contributed by atoms with Crippen molar-refractivity contribution in [3.63, 3.8) is 0 Å². The molecule has 0 aliphatic carbocycles. The zero-order chi connectivity index (χ0) is 16.5. The first-order valence-electron chi connectivity index (χ1n) is 7.46. The second-order valence-corrected chi connectivity index (χ2v) is 5.55. The largest absolute Gasteiger partial charge is 0.491 e. The summed E-state index contributed by atoms with van der Waals surface area (Å²) in [6, 6.07) is 7.00. The van der Waals surface area contributed by atoms with Gasteiger partial charge in [-0.15, -0.1) is 11.3 Å². The van der Waals surface area contributed by atoms with Gasteiger partial charge in [-0.05, 0) is 12.1 Å². The Kier molecular flexibility index (Phi) is 6.90. The quantitative estimate of drug-likeness (QED) is 0.494. The van der Waals surface area contributed by atoms with E-state index in [0.717, 1.165) is 0 Å². The highest BCUT2D eigenvalue weighted by molar-refractivity contribution is 7.07. The predicted octanol–water partition coefficient (Wildman–Crippen LogP) is 3.14. The van der Waals surface area contributed by atoms with Crippen LogP contribution in [0.15, 0.2) is 35.2 Å². The SMILES string of the molecule is CCC(=O)CCOCCOc1cccc(C(=O)c2cscn2)c1. The highest BCUT2D eigenvalue weighted by Crippen LogP contribution is 2.16. The Bertz CT molecular complexity index is 640. The van der Waals surface area contributed by atoms with Gasteiger partial charge in [-0.1, -0.05) is 19.1 Å². The van der Waals surface area contributed by atoms with Crippen molar-refractivity contribution in [2.24, 2.45) is 0 Å². The van der Waals surface area contributed by atoms with E-state index in [-0.39, 0.29) is 11.6 Å². The second kappa shape index (κ2) is 9.17. The monoisotopic (exact) mass is 333 g/mol. The van der Waals surface area contributed by atoms with Crippen LogP contribution in [0.5, 0.6) is 5.75 Å². The number of aromatic nitrogens is 1. The fraction of sp³-hybridized carbons (Fsp3) is 0.353. The van der Waals surface area contributed by atoms with Gasteiger partial charge in [0.05, 0.1) is 18.7 Å². The Morgan fingerprint density at radius 1 is 1.22 bits per heavy atom. The molecule has 1 aromatic carbocycles. The molecule has 0 unspecified atom stereocenters. The molecular weight excluding hydrogens is 314 g/mol. The van der Waals surface area contributed by atoms with Crippen molar-refractivity contribution in [3.8, 4) is 5.75 Å². The summed E-state index contributed by atoms with van der Waals surface area (Å²) in [6.45, 7) is 3.03. The van der Waals surface area contributed by atoms with Gasteiger partial charge in [-0.25, -0.2) is 4.98 Å². The Balaban J connectivity index is 1.77. The van der Waals surface area contributed by atoms with E-state index in [1.165, 1.54) is 11.3 Å². The Labute approximate surface area is 139 Å². The van der Waals surface area contributed by atoms with Crippen molar-refractivity contribution < 1.29 is 19.1 Å². The van der Waals surface area contributed by atoms with E-state index in [0.29, 0.717) is 49.7 Å². The van der Waals surface area contributed by atoms with Crippen molar-refractivity contribution >= 4 is 22.9 Å². The molecule has 0 saturated carbocycles. The molecule has 0 aliphatic heterocycles. The van der Waals surface area contributed by atoms with Crippen molar-refractivity contribution in [3.05, 3.63) is 46.4 Å². The summed E-state index contributed by atoms with van der Waals surface area (Å²) < 4.78 is 10.9. The molecule has 0 atom stereocenters. The highest BCUT2D eigenvalue weighted by Gasteiger charge is 2.11. The van der Waals surface area contributed by atoms with Crippen LogP contribution in [0.1, 0.15) is 35.8 Å².